The van der Waals surface area contributed by atoms with Gasteiger partial charge in [-0.25, -0.2) is 0 Å². The Hall–Kier alpha value is -2.28. The molecule has 0 saturated heterocycles. The van der Waals surface area contributed by atoms with Gasteiger partial charge in [-0.1, -0.05) is 12.1 Å². The number of carbonyl (C=O) groups excluding carboxylic acids is 1. The molecule has 0 aliphatic heterocycles. The summed E-state index contributed by atoms with van der Waals surface area (Å²) in [6.45, 7) is 4.68. The van der Waals surface area contributed by atoms with Crippen molar-refractivity contribution in [2.45, 2.75) is 51.6 Å². The van der Waals surface area contributed by atoms with Crippen LogP contribution in [0, 0.1) is 6.92 Å². The number of amides is 1. The SMILES string of the molecule is CN=C(NCCCC(=O)NC1CC1)NCc1ccc(C)cc1OCCCOC. The molecule has 1 aliphatic carbocycles. The van der Waals surface area contributed by atoms with E-state index in [1.54, 1.807) is 14.2 Å². The lowest BCUT2D eigenvalue weighted by molar-refractivity contribution is -0.121. The number of aliphatic imine (C=N–C) groups is 1. The van der Waals surface area contributed by atoms with E-state index < -0.39 is 0 Å². The molecule has 0 aromatic heterocycles. The van der Waals surface area contributed by atoms with Crippen LogP contribution in [0.5, 0.6) is 5.75 Å². The van der Waals surface area contributed by atoms with Crippen LogP contribution in [0.3, 0.4) is 0 Å². The number of nitrogens with one attached hydrogen (secondary N) is 3. The van der Waals surface area contributed by atoms with Crippen LogP contribution in [0.15, 0.2) is 23.2 Å². The largest absolute Gasteiger partial charge is 0.493 e. The summed E-state index contributed by atoms with van der Waals surface area (Å²) < 4.78 is 11.0. The van der Waals surface area contributed by atoms with E-state index >= 15 is 0 Å². The molecule has 1 aromatic rings. The Bertz CT molecular complexity index is 645. The van der Waals surface area contributed by atoms with Gasteiger partial charge in [-0.15, -0.1) is 0 Å². The molecule has 156 valence electrons. The van der Waals surface area contributed by atoms with E-state index in [4.69, 9.17) is 9.47 Å². The molecule has 0 radical (unpaired) electrons. The second-order valence-corrected chi connectivity index (χ2v) is 7.10. The Balaban J connectivity index is 1.73. The third-order valence-electron chi connectivity index (χ3n) is 4.46. The highest BCUT2D eigenvalue weighted by molar-refractivity contribution is 5.80. The first-order chi connectivity index (χ1) is 13.6. The standard InChI is InChI=1S/C21H34N4O3/c1-16-7-8-17(19(14-16)28-13-5-12-27-3)15-24-21(22-2)23-11-4-6-20(26)25-18-9-10-18/h7-8,14,18H,4-6,9-13,15H2,1-3H3,(H,25,26)(H2,22,23,24). The highest BCUT2D eigenvalue weighted by Gasteiger charge is 2.22. The van der Waals surface area contributed by atoms with Gasteiger partial charge in [-0.05, 0) is 37.8 Å². The second-order valence-electron chi connectivity index (χ2n) is 7.10. The van der Waals surface area contributed by atoms with Crippen LogP contribution >= 0.6 is 0 Å². The van der Waals surface area contributed by atoms with Gasteiger partial charge in [0.25, 0.3) is 0 Å². The minimum absolute atomic E-state index is 0.141. The van der Waals surface area contributed by atoms with Crippen molar-refractivity contribution in [2.75, 3.05) is 33.9 Å². The zero-order valence-corrected chi connectivity index (χ0v) is 17.3. The Morgan fingerprint density at radius 3 is 2.75 bits per heavy atom. The average Bonchev–Trinajstić information content (AvgIpc) is 3.49. The van der Waals surface area contributed by atoms with Gasteiger partial charge in [0.15, 0.2) is 5.96 Å². The first-order valence-electron chi connectivity index (χ1n) is 10.1. The van der Waals surface area contributed by atoms with Gasteiger partial charge in [0.05, 0.1) is 6.61 Å². The molecule has 0 bridgehead atoms. The molecular formula is C21H34N4O3. The summed E-state index contributed by atoms with van der Waals surface area (Å²) in [6.07, 6.45) is 4.42. The molecule has 3 N–H and O–H groups in total. The molecule has 1 saturated carbocycles. The summed E-state index contributed by atoms with van der Waals surface area (Å²) in [4.78, 5) is 16.0. The van der Waals surface area contributed by atoms with E-state index in [2.05, 4.69) is 46.1 Å². The number of methoxy groups -OCH3 is 1. The minimum atomic E-state index is 0.141. The Kier molecular flexibility index (Phi) is 9.62. The van der Waals surface area contributed by atoms with Gasteiger partial charge in [-0.2, -0.15) is 0 Å². The van der Waals surface area contributed by atoms with Crippen molar-refractivity contribution < 1.29 is 14.3 Å². The molecule has 0 atom stereocenters. The minimum Gasteiger partial charge on any atom is -0.493 e. The molecule has 1 fully saturated rings. The van der Waals surface area contributed by atoms with Gasteiger partial charge in [0.1, 0.15) is 5.75 Å². The lowest BCUT2D eigenvalue weighted by atomic mass is 10.1. The predicted octanol–water partition coefficient (Wildman–Crippen LogP) is 2.13. The number of ether oxygens (including phenoxy) is 2. The molecule has 1 aliphatic rings. The fraction of sp³-hybridized carbons (Fsp3) is 0.619. The summed E-state index contributed by atoms with van der Waals surface area (Å²) in [7, 11) is 3.44. The molecule has 1 amide bonds. The monoisotopic (exact) mass is 390 g/mol. The fourth-order valence-corrected chi connectivity index (χ4v) is 2.71. The molecular weight excluding hydrogens is 356 g/mol. The molecule has 0 heterocycles. The van der Waals surface area contributed by atoms with E-state index in [1.165, 1.54) is 0 Å². The number of rotatable bonds is 12. The molecule has 0 spiro atoms. The van der Waals surface area contributed by atoms with E-state index in [0.717, 1.165) is 42.6 Å². The second kappa shape index (κ2) is 12.2. The molecule has 7 nitrogen and oxygen atoms in total. The van der Waals surface area contributed by atoms with Crippen LogP contribution in [0.1, 0.15) is 43.2 Å². The van der Waals surface area contributed by atoms with Gasteiger partial charge in [0.2, 0.25) is 5.91 Å². The number of guanidine groups is 1. The number of carbonyl (C=O) groups is 1. The molecule has 2 rings (SSSR count). The maximum absolute atomic E-state index is 11.7. The highest BCUT2D eigenvalue weighted by atomic mass is 16.5. The molecule has 7 heteroatoms. The van der Waals surface area contributed by atoms with Crippen LogP contribution < -0.4 is 20.7 Å². The van der Waals surface area contributed by atoms with E-state index in [0.29, 0.717) is 44.7 Å². The normalized spacial score (nSPS) is 13.9. The van der Waals surface area contributed by atoms with E-state index in [-0.39, 0.29) is 5.91 Å². The maximum Gasteiger partial charge on any atom is 0.220 e. The summed E-state index contributed by atoms with van der Waals surface area (Å²) in [5.74, 6) is 1.74. The number of nitrogens with zero attached hydrogens (tertiary/aromatic N) is 1. The maximum atomic E-state index is 11.7. The van der Waals surface area contributed by atoms with Gasteiger partial charge in [0, 0.05) is 58.3 Å². The molecule has 0 unspecified atom stereocenters. The van der Waals surface area contributed by atoms with Crippen molar-refractivity contribution in [3.05, 3.63) is 29.3 Å². The zero-order chi connectivity index (χ0) is 20.2. The average molecular weight is 391 g/mol. The Morgan fingerprint density at radius 1 is 1.21 bits per heavy atom. The van der Waals surface area contributed by atoms with Crippen molar-refractivity contribution in [3.8, 4) is 5.75 Å². The summed E-state index contributed by atoms with van der Waals surface area (Å²) in [6, 6.07) is 6.63. The number of benzene rings is 1. The van der Waals surface area contributed by atoms with Crippen molar-refractivity contribution in [1.82, 2.24) is 16.0 Å². The lowest BCUT2D eigenvalue weighted by Gasteiger charge is -2.15. The van der Waals surface area contributed by atoms with Gasteiger partial charge < -0.3 is 25.4 Å². The van der Waals surface area contributed by atoms with Crippen LogP contribution in [0.2, 0.25) is 0 Å². The number of hydrogen-bond donors (Lipinski definition) is 3. The fourth-order valence-electron chi connectivity index (χ4n) is 2.71. The molecule has 1 aromatic carbocycles. The van der Waals surface area contributed by atoms with Crippen LogP contribution in [-0.4, -0.2) is 51.8 Å². The van der Waals surface area contributed by atoms with Crippen molar-refractivity contribution >= 4 is 11.9 Å². The summed E-state index contributed by atoms with van der Waals surface area (Å²) in [5, 5.41) is 9.57. The van der Waals surface area contributed by atoms with Crippen molar-refractivity contribution in [1.29, 1.82) is 0 Å². The third-order valence-corrected chi connectivity index (χ3v) is 4.46. The van der Waals surface area contributed by atoms with Gasteiger partial charge in [-0.3, -0.25) is 9.79 Å². The lowest BCUT2D eigenvalue weighted by Crippen LogP contribution is -2.37. The quantitative estimate of drug-likeness (QED) is 0.289. The van der Waals surface area contributed by atoms with E-state index in [1.807, 2.05) is 0 Å². The first-order valence-corrected chi connectivity index (χ1v) is 10.1. The van der Waals surface area contributed by atoms with E-state index in [9.17, 15) is 4.79 Å². The first kappa shape index (κ1) is 22.0. The smallest absolute Gasteiger partial charge is 0.220 e. The molecule has 28 heavy (non-hydrogen) atoms. The Labute approximate surface area is 168 Å². The van der Waals surface area contributed by atoms with Crippen molar-refractivity contribution in [2.24, 2.45) is 4.99 Å². The van der Waals surface area contributed by atoms with Crippen LogP contribution in [0.25, 0.3) is 0 Å². The summed E-state index contributed by atoms with van der Waals surface area (Å²) >= 11 is 0. The van der Waals surface area contributed by atoms with Gasteiger partial charge >= 0.3 is 0 Å². The summed E-state index contributed by atoms with van der Waals surface area (Å²) in [5.41, 5.74) is 2.24. The number of aryl methyl sites for hydroxylation is 1. The highest BCUT2D eigenvalue weighted by Crippen LogP contribution is 2.20. The predicted molar refractivity (Wildman–Crippen MR) is 112 cm³/mol. The topological polar surface area (TPSA) is 84.0 Å². The zero-order valence-electron chi connectivity index (χ0n) is 17.3. The third kappa shape index (κ3) is 8.61. The number of hydrogen-bond acceptors (Lipinski definition) is 4. The van der Waals surface area contributed by atoms with Crippen molar-refractivity contribution in [3.63, 3.8) is 0 Å². The Morgan fingerprint density at radius 2 is 2.04 bits per heavy atom. The van der Waals surface area contributed by atoms with Crippen LogP contribution in [-0.2, 0) is 16.1 Å². The van der Waals surface area contributed by atoms with Crippen LogP contribution in [0.4, 0.5) is 0 Å².